The first-order chi connectivity index (χ1) is 7.77. The standard InChI is InChI=1S/C11H13Cl2NO2/c12-9-2-1-3-10(11(9)13)16-7-8-6-14-4-5-15-8/h1-3,8,14H,4-7H2. The van der Waals surface area contributed by atoms with Crippen molar-refractivity contribution in [1.29, 1.82) is 0 Å². The van der Waals surface area contributed by atoms with Gasteiger partial charge < -0.3 is 14.8 Å². The van der Waals surface area contributed by atoms with Crippen LogP contribution in [-0.2, 0) is 4.74 Å². The first kappa shape index (κ1) is 12.0. The third-order valence-corrected chi connectivity index (χ3v) is 3.15. The molecule has 0 aromatic heterocycles. The van der Waals surface area contributed by atoms with E-state index in [9.17, 15) is 0 Å². The van der Waals surface area contributed by atoms with Gasteiger partial charge >= 0.3 is 0 Å². The van der Waals surface area contributed by atoms with Crippen LogP contribution in [0.5, 0.6) is 5.75 Å². The molecule has 1 aromatic rings. The molecule has 88 valence electrons. The highest BCUT2D eigenvalue weighted by Gasteiger charge is 2.15. The molecule has 1 saturated heterocycles. The predicted molar refractivity (Wildman–Crippen MR) is 64.6 cm³/mol. The fourth-order valence-corrected chi connectivity index (χ4v) is 1.85. The molecule has 0 radical (unpaired) electrons. The first-order valence-corrected chi connectivity index (χ1v) is 5.92. The summed E-state index contributed by atoms with van der Waals surface area (Å²) in [4.78, 5) is 0. The molecule has 1 fully saturated rings. The van der Waals surface area contributed by atoms with Gasteiger partial charge in [-0.2, -0.15) is 0 Å². The molecule has 1 heterocycles. The summed E-state index contributed by atoms with van der Waals surface area (Å²) in [7, 11) is 0. The van der Waals surface area contributed by atoms with Gasteiger partial charge in [0.1, 0.15) is 23.5 Å². The average Bonchev–Trinajstić information content (AvgIpc) is 2.32. The molecule has 3 nitrogen and oxygen atoms in total. The molecule has 0 spiro atoms. The van der Waals surface area contributed by atoms with E-state index in [4.69, 9.17) is 32.7 Å². The highest BCUT2D eigenvalue weighted by atomic mass is 35.5. The molecule has 0 amide bonds. The summed E-state index contributed by atoms with van der Waals surface area (Å²) < 4.78 is 11.1. The molecule has 16 heavy (non-hydrogen) atoms. The van der Waals surface area contributed by atoms with E-state index in [2.05, 4.69) is 5.32 Å². The Balaban J connectivity index is 1.91. The van der Waals surface area contributed by atoms with Crippen molar-refractivity contribution >= 4 is 23.2 Å². The normalized spacial score (nSPS) is 20.8. The predicted octanol–water partition coefficient (Wildman–Crippen LogP) is 2.36. The quantitative estimate of drug-likeness (QED) is 0.907. The molecule has 1 atom stereocenters. The van der Waals surface area contributed by atoms with Crippen LogP contribution in [0.1, 0.15) is 0 Å². The third-order valence-electron chi connectivity index (χ3n) is 2.35. The second-order valence-electron chi connectivity index (χ2n) is 3.56. The van der Waals surface area contributed by atoms with Crippen LogP contribution in [0.15, 0.2) is 18.2 Å². The van der Waals surface area contributed by atoms with E-state index >= 15 is 0 Å². The van der Waals surface area contributed by atoms with E-state index in [0.717, 1.165) is 19.7 Å². The maximum atomic E-state index is 6.00. The number of ether oxygens (including phenoxy) is 2. The van der Waals surface area contributed by atoms with E-state index in [-0.39, 0.29) is 6.10 Å². The zero-order chi connectivity index (χ0) is 11.4. The van der Waals surface area contributed by atoms with Crippen molar-refractivity contribution in [2.75, 3.05) is 26.3 Å². The second kappa shape index (κ2) is 5.73. The van der Waals surface area contributed by atoms with Crippen molar-refractivity contribution < 1.29 is 9.47 Å². The number of morpholine rings is 1. The highest BCUT2D eigenvalue weighted by molar-refractivity contribution is 6.42. The van der Waals surface area contributed by atoms with Crippen LogP contribution in [-0.4, -0.2) is 32.4 Å². The van der Waals surface area contributed by atoms with Gasteiger partial charge in [-0.05, 0) is 12.1 Å². The van der Waals surface area contributed by atoms with Gasteiger partial charge in [0.2, 0.25) is 0 Å². The van der Waals surface area contributed by atoms with Crippen molar-refractivity contribution in [2.24, 2.45) is 0 Å². The molecule has 0 bridgehead atoms. The van der Waals surface area contributed by atoms with Crippen LogP contribution in [0.25, 0.3) is 0 Å². The van der Waals surface area contributed by atoms with Crippen LogP contribution >= 0.6 is 23.2 Å². The number of nitrogens with one attached hydrogen (secondary N) is 1. The van der Waals surface area contributed by atoms with Gasteiger partial charge in [-0.15, -0.1) is 0 Å². The molecular formula is C11H13Cl2NO2. The molecule has 1 aromatic carbocycles. The van der Waals surface area contributed by atoms with Crippen LogP contribution in [0.3, 0.4) is 0 Å². The number of hydrogen-bond donors (Lipinski definition) is 1. The summed E-state index contributed by atoms with van der Waals surface area (Å²) in [6, 6.07) is 5.34. The largest absolute Gasteiger partial charge is 0.489 e. The van der Waals surface area contributed by atoms with Crippen LogP contribution < -0.4 is 10.1 Å². The van der Waals surface area contributed by atoms with Gasteiger partial charge in [-0.25, -0.2) is 0 Å². The molecule has 2 rings (SSSR count). The lowest BCUT2D eigenvalue weighted by molar-refractivity contribution is 0.000219. The van der Waals surface area contributed by atoms with E-state index in [1.54, 1.807) is 12.1 Å². The molecule has 1 aliphatic rings. The average molecular weight is 262 g/mol. The Labute approximate surface area is 105 Å². The summed E-state index contributed by atoms with van der Waals surface area (Å²) in [5.41, 5.74) is 0. The Morgan fingerprint density at radius 3 is 3.06 bits per heavy atom. The fraction of sp³-hybridized carbons (Fsp3) is 0.455. The van der Waals surface area contributed by atoms with Gasteiger partial charge in [0.25, 0.3) is 0 Å². The maximum Gasteiger partial charge on any atom is 0.139 e. The first-order valence-electron chi connectivity index (χ1n) is 5.16. The SMILES string of the molecule is Clc1cccc(OCC2CNCCO2)c1Cl. The Morgan fingerprint density at radius 1 is 1.44 bits per heavy atom. The van der Waals surface area contributed by atoms with Gasteiger partial charge in [0.15, 0.2) is 0 Å². The lowest BCUT2D eigenvalue weighted by Crippen LogP contribution is -2.41. The second-order valence-corrected chi connectivity index (χ2v) is 4.35. The molecular weight excluding hydrogens is 249 g/mol. The fourth-order valence-electron chi connectivity index (χ4n) is 1.50. The number of benzene rings is 1. The molecule has 0 aliphatic carbocycles. The van der Waals surface area contributed by atoms with Crippen molar-refractivity contribution in [3.05, 3.63) is 28.2 Å². The Kier molecular flexibility index (Phi) is 4.29. The van der Waals surface area contributed by atoms with Crippen molar-refractivity contribution in [3.63, 3.8) is 0 Å². The minimum Gasteiger partial charge on any atom is -0.489 e. The van der Waals surface area contributed by atoms with Crippen molar-refractivity contribution in [2.45, 2.75) is 6.10 Å². The van der Waals surface area contributed by atoms with Crippen molar-refractivity contribution in [1.82, 2.24) is 5.32 Å². The topological polar surface area (TPSA) is 30.5 Å². The molecule has 1 aliphatic heterocycles. The zero-order valence-corrected chi connectivity index (χ0v) is 10.2. The monoisotopic (exact) mass is 261 g/mol. The van der Waals surface area contributed by atoms with Crippen LogP contribution in [0.2, 0.25) is 10.0 Å². The number of hydrogen-bond acceptors (Lipinski definition) is 3. The van der Waals surface area contributed by atoms with Gasteiger partial charge in [-0.1, -0.05) is 29.3 Å². The lowest BCUT2D eigenvalue weighted by Gasteiger charge is -2.23. The summed E-state index contributed by atoms with van der Waals surface area (Å²) in [6.45, 7) is 2.90. The lowest BCUT2D eigenvalue weighted by atomic mass is 10.3. The third kappa shape index (κ3) is 3.01. The maximum absolute atomic E-state index is 6.00. The van der Waals surface area contributed by atoms with Gasteiger partial charge in [-0.3, -0.25) is 0 Å². The van der Waals surface area contributed by atoms with E-state index in [1.165, 1.54) is 0 Å². The number of rotatable bonds is 3. The summed E-state index contributed by atoms with van der Waals surface area (Å²) in [5, 5.41) is 4.19. The van der Waals surface area contributed by atoms with Crippen LogP contribution in [0.4, 0.5) is 0 Å². The Bertz CT molecular complexity index is 354. The summed E-state index contributed by atoms with van der Waals surface area (Å²) in [5.74, 6) is 0.600. The summed E-state index contributed by atoms with van der Waals surface area (Å²) >= 11 is 11.9. The van der Waals surface area contributed by atoms with E-state index in [1.807, 2.05) is 6.07 Å². The minimum atomic E-state index is 0.0730. The number of halogens is 2. The molecule has 0 saturated carbocycles. The zero-order valence-electron chi connectivity index (χ0n) is 8.71. The van der Waals surface area contributed by atoms with E-state index < -0.39 is 0 Å². The Hall–Kier alpha value is -0.480. The Morgan fingerprint density at radius 2 is 2.31 bits per heavy atom. The molecule has 1 N–H and O–H groups in total. The molecule has 5 heteroatoms. The highest BCUT2D eigenvalue weighted by Crippen LogP contribution is 2.31. The van der Waals surface area contributed by atoms with E-state index in [0.29, 0.717) is 22.4 Å². The minimum absolute atomic E-state index is 0.0730. The smallest absolute Gasteiger partial charge is 0.139 e. The van der Waals surface area contributed by atoms with Crippen molar-refractivity contribution in [3.8, 4) is 5.75 Å². The molecule has 1 unspecified atom stereocenters. The van der Waals surface area contributed by atoms with Crippen LogP contribution in [0, 0.1) is 0 Å². The van der Waals surface area contributed by atoms with Gasteiger partial charge in [0, 0.05) is 13.1 Å². The summed E-state index contributed by atoms with van der Waals surface area (Å²) in [6.07, 6.45) is 0.0730. The van der Waals surface area contributed by atoms with Gasteiger partial charge in [0.05, 0.1) is 11.6 Å².